The first-order chi connectivity index (χ1) is 9.69. The van der Waals surface area contributed by atoms with Gasteiger partial charge in [-0.1, -0.05) is 18.5 Å². The van der Waals surface area contributed by atoms with E-state index in [9.17, 15) is 0 Å². The van der Waals surface area contributed by atoms with Crippen molar-refractivity contribution in [3.05, 3.63) is 47.5 Å². The van der Waals surface area contributed by atoms with Gasteiger partial charge in [0.2, 0.25) is 0 Å². The lowest BCUT2D eigenvalue weighted by Crippen LogP contribution is -2.22. The molecule has 1 atom stereocenters. The summed E-state index contributed by atoms with van der Waals surface area (Å²) in [7, 11) is 0. The van der Waals surface area contributed by atoms with Crippen LogP contribution < -0.4 is 10.5 Å². The van der Waals surface area contributed by atoms with Gasteiger partial charge in [-0.3, -0.25) is 0 Å². The Kier molecular flexibility index (Phi) is 5.44. The fourth-order valence-electron chi connectivity index (χ4n) is 1.96. The third-order valence-corrected chi connectivity index (χ3v) is 3.43. The number of hydrogen-bond donors (Lipinski definition) is 1. The molecule has 5 heteroatoms. The van der Waals surface area contributed by atoms with Crippen molar-refractivity contribution >= 4 is 11.6 Å². The van der Waals surface area contributed by atoms with Gasteiger partial charge in [0.1, 0.15) is 12.4 Å². The highest BCUT2D eigenvalue weighted by Crippen LogP contribution is 2.24. The van der Waals surface area contributed by atoms with Crippen molar-refractivity contribution in [3.63, 3.8) is 0 Å². The molecule has 0 aliphatic carbocycles. The van der Waals surface area contributed by atoms with Gasteiger partial charge in [-0.25, -0.2) is 4.98 Å². The zero-order valence-electron chi connectivity index (χ0n) is 11.6. The van der Waals surface area contributed by atoms with Crippen molar-refractivity contribution in [1.29, 1.82) is 0 Å². The number of rotatable bonds is 7. The van der Waals surface area contributed by atoms with Crippen LogP contribution in [0.25, 0.3) is 0 Å². The molecule has 1 unspecified atom stereocenters. The van der Waals surface area contributed by atoms with Gasteiger partial charge >= 0.3 is 0 Å². The predicted molar refractivity (Wildman–Crippen MR) is 81.1 cm³/mol. The normalized spacial score (nSPS) is 12.3. The van der Waals surface area contributed by atoms with Crippen molar-refractivity contribution < 1.29 is 4.74 Å². The molecular weight excluding hydrogens is 274 g/mol. The van der Waals surface area contributed by atoms with E-state index < -0.39 is 0 Å². The Morgan fingerprint density at radius 2 is 2.30 bits per heavy atom. The molecule has 0 aliphatic rings. The zero-order chi connectivity index (χ0) is 14.4. The summed E-state index contributed by atoms with van der Waals surface area (Å²) in [6.07, 6.45) is 7.16. The van der Waals surface area contributed by atoms with Crippen LogP contribution >= 0.6 is 11.6 Å². The predicted octanol–water partition coefficient (Wildman–Crippen LogP) is 2.90. The first kappa shape index (κ1) is 14.9. The van der Waals surface area contributed by atoms with Crippen LogP contribution in [0.5, 0.6) is 5.75 Å². The van der Waals surface area contributed by atoms with Crippen LogP contribution in [0.15, 0.2) is 36.9 Å². The Labute approximate surface area is 124 Å². The molecule has 108 valence electrons. The molecular formula is C15H20ClN3O. The Hall–Kier alpha value is -1.52. The van der Waals surface area contributed by atoms with E-state index in [1.165, 1.54) is 0 Å². The van der Waals surface area contributed by atoms with Crippen molar-refractivity contribution in [1.82, 2.24) is 9.55 Å². The summed E-state index contributed by atoms with van der Waals surface area (Å²) in [6.45, 7) is 3.43. The van der Waals surface area contributed by atoms with Gasteiger partial charge in [0.15, 0.2) is 0 Å². The summed E-state index contributed by atoms with van der Waals surface area (Å²) in [5.41, 5.74) is 7.09. The summed E-state index contributed by atoms with van der Waals surface area (Å²) in [5.74, 6) is 0.860. The van der Waals surface area contributed by atoms with Gasteiger partial charge in [0.05, 0.1) is 12.9 Å². The minimum absolute atomic E-state index is 0.129. The van der Waals surface area contributed by atoms with E-state index in [4.69, 9.17) is 22.1 Å². The quantitative estimate of drug-likeness (QED) is 0.854. The van der Waals surface area contributed by atoms with E-state index >= 15 is 0 Å². The van der Waals surface area contributed by atoms with Gasteiger partial charge < -0.3 is 15.0 Å². The summed E-state index contributed by atoms with van der Waals surface area (Å²) >= 11 is 6.05. The van der Waals surface area contributed by atoms with Gasteiger partial charge in [0, 0.05) is 23.5 Å². The average Bonchev–Trinajstić information content (AvgIpc) is 2.94. The molecule has 20 heavy (non-hydrogen) atoms. The first-order valence-corrected chi connectivity index (χ1v) is 7.19. The lowest BCUT2D eigenvalue weighted by atomic mass is 10.0. The number of imidazole rings is 1. The van der Waals surface area contributed by atoms with Crippen LogP contribution in [0.4, 0.5) is 0 Å². The molecule has 2 N–H and O–H groups in total. The van der Waals surface area contributed by atoms with Crippen molar-refractivity contribution in [2.75, 3.05) is 6.61 Å². The van der Waals surface area contributed by atoms with Crippen LogP contribution in [0.2, 0.25) is 5.02 Å². The molecule has 0 bridgehead atoms. The number of benzene rings is 1. The summed E-state index contributed by atoms with van der Waals surface area (Å²) in [6, 6.07) is 5.82. The molecule has 2 rings (SSSR count). The number of nitrogens with two attached hydrogens (primary N) is 1. The smallest absolute Gasteiger partial charge is 0.122 e. The molecule has 2 aromatic rings. The van der Waals surface area contributed by atoms with Gasteiger partial charge in [-0.05, 0) is 36.6 Å². The number of halogens is 1. The number of hydrogen-bond acceptors (Lipinski definition) is 3. The molecule has 1 heterocycles. The molecule has 0 spiro atoms. The number of aromatic nitrogens is 2. The third kappa shape index (κ3) is 4.25. The first-order valence-electron chi connectivity index (χ1n) is 6.81. The van der Waals surface area contributed by atoms with Crippen molar-refractivity contribution in [2.45, 2.75) is 32.4 Å². The molecule has 0 aliphatic heterocycles. The van der Waals surface area contributed by atoms with Crippen LogP contribution in [0.1, 0.15) is 18.9 Å². The van der Waals surface area contributed by atoms with E-state index in [0.717, 1.165) is 30.7 Å². The molecule has 0 radical (unpaired) electrons. The monoisotopic (exact) mass is 293 g/mol. The van der Waals surface area contributed by atoms with E-state index in [0.29, 0.717) is 11.6 Å². The fourth-order valence-corrected chi connectivity index (χ4v) is 2.15. The van der Waals surface area contributed by atoms with Gasteiger partial charge in [0.25, 0.3) is 0 Å². The summed E-state index contributed by atoms with van der Waals surface area (Å²) in [4.78, 5) is 4.00. The second-order valence-corrected chi connectivity index (χ2v) is 5.21. The Morgan fingerprint density at radius 3 is 3.00 bits per heavy atom. The second kappa shape index (κ2) is 7.31. The van der Waals surface area contributed by atoms with Crippen LogP contribution in [0.3, 0.4) is 0 Å². The second-order valence-electron chi connectivity index (χ2n) is 4.77. The highest BCUT2D eigenvalue weighted by atomic mass is 35.5. The highest BCUT2D eigenvalue weighted by molar-refractivity contribution is 6.30. The Morgan fingerprint density at radius 1 is 1.45 bits per heavy atom. The zero-order valence-corrected chi connectivity index (χ0v) is 12.4. The van der Waals surface area contributed by atoms with E-state index in [1.807, 2.05) is 29.0 Å². The van der Waals surface area contributed by atoms with Crippen LogP contribution in [-0.2, 0) is 13.0 Å². The SMILES string of the molecule is CCC(N)Cc1cc(Cl)ccc1OCCn1ccnc1. The maximum Gasteiger partial charge on any atom is 0.122 e. The summed E-state index contributed by atoms with van der Waals surface area (Å²) in [5, 5.41) is 0.713. The average molecular weight is 294 g/mol. The van der Waals surface area contributed by atoms with E-state index in [2.05, 4.69) is 11.9 Å². The maximum absolute atomic E-state index is 6.05. The lowest BCUT2D eigenvalue weighted by molar-refractivity contribution is 0.294. The maximum atomic E-state index is 6.05. The molecule has 4 nitrogen and oxygen atoms in total. The topological polar surface area (TPSA) is 53.1 Å². The van der Waals surface area contributed by atoms with Crippen molar-refractivity contribution in [3.8, 4) is 5.75 Å². The van der Waals surface area contributed by atoms with Crippen LogP contribution in [0, 0.1) is 0 Å². The van der Waals surface area contributed by atoms with Gasteiger partial charge in [-0.15, -0.1) is 0 Å². The van der Waals surface area contributed by atoms with Gasteiger partial charge in [-0.2, -0.15) is 0 Å². The number of ether oxygens (including phenoxy) is 1. The molecule has 1 aromatic heterocycles. The largest absolute Gasteiger partial charge is 0.491 e. The van der Waals surface area contributed by atoms with Crippen molar-refractivity contribution in [2.24, 2.45) is 5.73 Å². The molecule has 1 aromatic carbocycles. The molecule has 0 saturated heterocycles. The molecule has 0 fully saturated rings. The molecule has 0 saturated carbocycles. The Balaban J connectivity index is 1.98. The summed E-state index contributed by atoms with van der Waals surface area (Å²) < 4.78 is 7.83. The minimum Gasteiger partial charge on any atom is -0.491 e. The van der Waals surface area contributed by atoms with Crippen LogP contribution in [-0.4, -0.2) is 22.2 Å². The number of nitrogens with zero attached hydrogens (tertiary/aromatic N) is 2. The van der Waals surface area contributed by atoms with E-state index in [-0.39, 0.29) is 6.04 Å². The standard InChI is InChI=1S/C15H20ClN3O/c1-2-14(17)10-12-9-13(16)3-4-15(12)20-8-7-19-6-5-18-11-19/h3-6,9,11,14H,2,7-8,10,17H2,1H3. The highest BCUT2D eigenvalue weighted by Gasteiger charge is 2.09. The third-order valence-electron chi connectivity index (χ3n) is 3.20. The molecule has 0 amide bonds. The Bertz CT molecular complexity index is 528. The minimum atomic E-state index is 0.129. The lowest BCUT2D eigenvalue weighted by Gasteiger charge is -2.15. The fraction of sp³-hybridized carbons (Fsp3) is 0.400. The van der Waals surface area contributed by atoms with E-state index in [1.54, 1.807) is 12.5 Å².